The Morgan fingerprint density at radius 2 is 1.89 bits per heavy atom. The minimum atomic E-state index is 0.0951. The molecule has 0 heterocycles. The zero-order chi connectivity index (χ0) is 14.1. The van der Waals surface area contributed by atoms with Gasteiger partial charge in [0.1, 0.15) is 5.84 Å². The van der Waals surface area contributed by atoms with E-state index in [1.54, 1.807) is 0 Å². The fourth-order valence-corrected chi connectivity index (χ4v) is 2.13. The summed E-state index contributed by atoms with van der Waals surface area (Å²) in [5, 5.41) is 15.3. The van der Waals surface area contributed by atoms with Crippen LogP contribution in [0.2, 0.25) is 0 Å². The number of oxime groups is 1. The van der Waals surface area contributed by atoms with Gasteiger partial charge in [0.2, 0.25) is 0 Å². The van der Waals surface area contributed by atoms with Crippen molar-refractivity contribution in [1.82, 2.24) is 5.32 Å². The molecule has 0 radical (unpaired) electrons. The molecule has 0 saturated heterocycles. The number of hydrogen-bond donors (Lipinski definition) is 3. The molecular weight excluding hydrogens is 238 g/mol. The van der Waals surface area contributed by atoms with Crippen molar-refractivity contribution in [2.45, 2.75) is 39.2 Å². The molecule has 4 heteroatoms. The first kappa shape index (κ1) is 15.5. The van der Waals surface area contributed by atoms with Crippen LogP contribution in [0.25, 0.3) is 0 Å². The van der Waals surface area contributed by atoms with Crippen LogP contribution in [0, 0.1) is 5.92 Å². The van der Waals surface area contributed by atoms with E-state index in [2.05, 4.69) is 36.5 Å². The van der Waals surface area contributed by atoms with Gasteiger partial charge in [0.25, 0.3) is 0 Å². The SMILES string of the molecule is CCC(CC)CNC(C/C(N)=N/O)c1ccccc1. The summed E-state index contributed by atoms with van der Waals surface area (Å²) in [6.07, 6.45) is 2.84. The Labute approximate surface area is 115 Å². The summed E-state index contributed by atoms with van der Waals surface area (Å²) in [6, 6.07) is 10.2. The number of nitrogens with two attached hydrogens (primary N) is 1. The predicted octanol–water partition coefficient (Wildman–Crippen LogP) is 2.89. The smallest absolute Gasteiger partial charge is 0.141 e. The third-order valence-electron chi connectivity index (χ3n) is 3.55. The highest BCUT2D eigenvalue weighted by molar-refractivity contribution is 5.80. The zero-order valence-corrected chi connectivity index (χ0v) is 11.8. The molecule has 0 bridgehead atoms. The van der Waals surface area contributed by atoms with Gasteiger partial charge < -0.3 is 16.3 Å². The Hall–Kier alpha value is -1.55. The molecule has 19 heavy (non-hydrogen) atoms. The quantitative estimate of drug-likeness (QED) is 0.292. The van der Waals surface area contributed by atoms with Gasteiger partial charge >= 0.3 is 0 Å². The number of rotatable bonds is 8. The molecule has 0 aliphatic rings. The first-order valence-electron chi connectivity index (χ1n) is 6.95. The maximum atomic E-state index is 8.74. The normalized spacial score (nSPS) is 13.7. The van der Waals surface area contributed by atoms with Crippen molar-refractivity contribution in [3.05, 3.63) is 35.9 Å². The molecule has 0 aliphatic heterocycles. The number of nitrogens with one attached hydrogen (secondary N) is 1. The van der Waals surface area contributed by atoms with Crippen LogP contribution in [-0.4, -0.2) is 17.6 Å². The van der Waals surface area contributed by atoms with Crippen molar-refractivity contribution in [3.8, 4) is 0 Å². The Morgan fingerprint density at radius 1 is 1.26 bits per heavy atom. The summed E-state index contributed by atoms with van der Waals surface area (Å²) >= 11 is 0. The van der Waals surface area contributed by atoms with Gasteiger partial charge in [-0.1, -0.05) is 62.2 Å². The molecule has 1 aromatic carbocycles. The Kier molecular flexibility index (Phi) is 6.97. The molecule has 1 unspecified atom stereocenters. The Bertz CT molecular complexity index is 374. The van der Waals surface area contributed by atoms with E-state index in [0.29, 0.717) is 12.3 Å². The fourth-order valence-electron chi connectivity index (χ4n) is 2.13. The van der Waals surface area contributed by atoms with Gasteiger partial charge in [-0.2, -0.15) is 0 Å². The van der Waals surface area contributed by atoms with Crippen LogP contribution in [0.5, 0.6) is 0 Å². The molecule has 0 amide bonds. The van der Waals surface area contributed by atoms with Gasteiger partial charge in [-0.15, -0.1) is 0 Å². The van der Waals surface area contributed by atoms with Gasteiger partial charge in [0.05, 0.1) is 0 Å². The third kappa shape index (κ3) is 5.30. The van der Waals surface area contributed by atoms with Crippen molar-refractivity contribution in [2.75, 3.05) is 6.54 Å². The van der Waals surface area contributed by atoms with E-state index < -0.39 is 0 Å². The second kappa shape index (κ2) is 8.53. The first-order chi connectivity index (χ1) is 9.21. The minimum Gasteiger partial charge on any atom is -0.409 e. The lowest BCUT2D eigenvalue weighted by Crippen LogP contribution is -2.30. The maximum Gasteiger partial charge on any atom is 0.141 e. The number of benzene rings is 1. The summed E-state index contributed by atoms with van der Waals surface area (Å²) in [6.45, 7) is 5.36. The maximum absolute atomic E-state index is 8.74. The highest BCUT2D eigenvalue weighted by atomic mass is 16.4. The van der Waals surface area contributed by atoms with Gasteiger partial charge in [0, 0.05) is 12.5 Å². The van der Waals surface area contributed by atoms with Crippen LogP contribution in [0.4, 0.5) is 0 Å². The summed E-state index contributed by atoms with van der Waals surface area (Å²) in [7, 11) is 0. The van der Waals surface area contributed by atoms with Crippen LogP contribution >= 0.6 is 0 Å². The molecule has 0 saturated carbocycles. The zero-order valence-electron chi connectivity index (χ0n) is 11.8. The van der Waals surface area contributed by atoms with Crippen LogP contribution < -0.4 is 11.1 Å². The van der Waals surface area contributed by atoms with E-state index >= 15 is 0 Å². The molecule has 1 atom stereocenters. The molecule has 0 aromatic heterocycles. The molecule has 1 rings (SSSR count). The lowest BCUT2D eigenvalue weighted by atomic mass is 10.00. The highest BCUT2D eigenvalue weighted by Gasteiger charge is 2.14. The second-order valence-electron chi connectivity index (χ2n) is 4.85. The molecule has 4 nitrogen and oxygen atoms in total. The average molecular weight is 263 g/mol. The molecular formula is C15H25N3O. The van der Waals surface area contributed by atoms with E-state index in [1.807, 2.05) is 18.2 Å². The molecule has 0 spiro atoms. The topological polar surface area (TPSA) is 70.6 Å². The van der Waals surface area contributed by atoms with Crippen LogP contribution in [0.1, 0.15) is 44.7 Å². The van der Waals surface area contributed by atoms with Gasteiger partial charge in [-0.3, -0.25) is 0 Å². The number of amidine groups is 1. The van der Waals surface area contributed by atoms with E-state index in [1.165, 1.54) is 5.56 Å². The van der Waals surface area contributed by atoms with Crippen molar-refractivity contribution >= 4 is 5.84 Å². The van der Waals surface area contributed by atoms with E-state index in [0.717, 1.165) is 19.4 Å². The lowest BCUT2D eigenvalue weighted by Gasteiger charge is -2.22. The van der Waals surface area contributed by atoms with Crippen molar-refractivity contribution in [2.24, 2.45) is 16.8 Å². The van der Waals surface area contributed by atoms with Gasteiger partial charge in [0.15, 0.2) is 0 Å². The average Bonchev–Trinajstić information content (AvgIpc) is 2.47. The van der Waals surface area contributed by atoms with Crippen LogP contribution in [-0.2, 0) is 0 Å². The van der Waals surface area contributed by atoms with Crippen LogP contribution in [0.3, 0.4) is 0 Å². The monoisotopic (exact) mass is 263 g/mol. The second-order valence-corrected chi connectivity index (χ2v) is 4.85. The summed E-state index contributed by atoms with van der Waals surface area (Å²) in [5.74, 6) is 0.921. The molecule has 4 N–H and O–H groups in total. The molecule has 106 valence electrons. The predicted molar refractivity (Wildman–Crippen MR) is 79.3 cm³/mol. The van der Waals surface area contributed by atoms with Crippen molar-refractivity contribution in [3.63, 3.8) is 0 Å². The third-order valence-corrected chi connectivity index (χ3v) is 3.55. The van der Waals surface area contributed by atoms with Gasteiger partial charge in [-0.05, 0) is 18.0 Å². The van der Waals surface area contributed by atoms with E-state index in [4.69, 9.17) is 10.9 Å². The first-order valence-corrected chi connectivity index (χ1v) is 6.95. The van der Waals surface area contributed by atoms with E-state index in [9.17, 15) is 0 Å². The molecule has 0 fully saturated rings. The van der Waals surface area contributed by atoms with E-state index in [-0.39, 0.29) is 11.9 Å². The lowest BCUT2D eigenvalue weighted by molar-refractivity contribution is 0.315. The largest absolute Gasteiger partial charge is 0.409 e. The number of hydrogen-bond acceptors (Lipinski definition) is 3. The minimum absolute atomic E-state index is 0.0951. The van der Waals surface area contributed by atoms with Crippen molar-refractivity contribution in [1.29, 1.82) is 0 Å². The molecule has 1 aromatic rings. The Balaban J connectivity index is 2.70. The van der Waals surface area contributed by atoms with Crippen molar-refractivity contribution < 1.29 is 5.21 Å². The summed E-state index contributed by atoms with van der Waals surface area (Å²) in [4.78, 5) is 0. The number of nitrogens with zero attached hydrogens (tertiary/aromatic N) is 1. The van der Waals surface area contributed by atoms with Crippen LogP contribution in [0.15, 0.2) is 35.5 Å². The summed E-state index contributed by atoms with van der Waals surface area (Å²) in [5.41, 5.74) is 6.81. The fraction of sp³-hybridized carbons (Fsp3) is 0.533. The summed E-state index contributed by atoms with van der Waals surface area (Å²) < 4.78 is 0. The Morgan fingerprint density at radius 3 is 2.42 bits per heavy atom. The molecule has 0 aliphatic carbocycles. The van der Waals surface area contributed by atoms with Gasteiger partial charge in [-0.25, -0.2) is 0 Å². The standard InChI is InChI=1S/C15H25N3O/c1-3-12(4-2)11-17-14(10-15(16)18-19)13-8-6-5-7-9-13/h5-9,12,14,17,19H,3-4,10-11H2,1-2H3,(H2,16,18). The highest BCUT2D eigenvalue weighted by Crippen LogP contribution is 2.17.